The van der Waals surface area contributed by atoms with Gasteiger partial charge in [-0.05, 0) is 18.9 Å². The van der Waals surface area contributed by atoms with Gasteiger partial charge in [0.15, 0.2) is 0 Å². The number of amides is 1. The Kier molecular flexibility index (Phi) is 5.26. The molecule has 0 atom stereocenters. The fourth-order valence-electron chi connectivity index (χ4n) is 1.29. The molecular weight excluding hydrogens is 216 g/mol. The highest BCUT2D eigenvalue weighted by atomic mass is 16.1. The van der Waals surface area contributed by atoms with E-state index in [1.807, 2.05) is 13.8 Å². The Hall–Kier alpha value is -1.78. The number of nitrogens with zero attached hydrogens (tertiary/aromatic N) is 1. The van der Waals surface area contributed by atoms with Gasteiger partial charge in [-0.3, -0.25) is 4.79 Å². The Morgan fingerprint density at radius 1 is 1.47 bits per heavy atom. The van der Waals surface area contributed by atoms with Crippen molar-refractivity contribution < 1.29 is 4.79 Å². The molecule has 1 aromatic rings. The van der Waals surface area contributed by atoms with Crippen molar-refractivity contribution in [1.29, 1.82) is 0 Å². The third-order valence-electron chi connectivity index (χ3n) is 2.38. The van der Waals surface area contributed by atoms with Gasteiger partial charge in [-0.2, -0.15) is 0 Å². The first-order chi connectivity index (χ1) is 8.13. The van der Waals surface area contributed by atoms with Gasteiger partial charge < -0.3 is 16.4 Å². The third kappa shape index (κ3) is 4.72. The molecule has 0 saturated heterocycles. The van der Waals surface area contributed by atoms with Crippen LogP contribution in [0.2, 0.25) is 0 Å². The van der Waals surface area contributed by atoms with Crippen molar-refractivity contribution in [3.05, 3.63) is 17.8 Å². The molecule has 0 unspecified atom stereocenters. The van der Waals surface area contributed by atoms with Gasteiger partial charge in [0.25, 0.3) is 0 Å². The van der Waals surface area contributed by atoms with Gasteiger partial charge in [0.2, 0.25) is 5.91 Å². The van der Waals surface area contributed by atoms with E-state index in [9.17, 15) is 4.79 Å². The topological polar surface area (TPSA) is 80.0 Å². The number of nitrogens with two attached hydrogens (primary N) is 1. The molecule has 17 heavy (non-hydrogen) atoms. The molecule has 1 amide bonds. The third-order valence-corrected chi connectivity index (χ3v) is 2.38. The van der Waals surface area contributed by atoms with E-state index in [0.29, 0.717) is 24.5 Å². The number of hydrogen-bond donors (Lipinski definition) is 3. The Bertz CT molecular complexity index is 379. The summed E-state index contributed by atoms with van der Waals surface area (Å²) in [6.07, 6.45) is 3.11. The Morgan fingerprint density at radius 3 is 2.88 bits per heavy atom. The molecule has 0 aliphatic carbocycles. The average Bonchev–Trinajstić information content (AvgIpc) is 2.31. The van der Waals surface area contributed by atoms with Crippen molar-refractivity contribution in [3.8, 4) is 0 Å². The second kappa shape index (κ2) is 6.73. The van der Waals surface area contributed by atoms with Crippen molar-refractivity contribution >= 4 is 17.4 Å². The lowest BCUT2D eigenvalue weighted by Crippen LogP contribution is -2.25. The molecule has 4 N–H and O–H groups in total. The van der Waals surface area contributed by atoms with Crippen LogP contribution in [0.25, 0.3) is 0 Å². The zero-order valence-electron chi connectivity index (χ0n) is 10.4. The maximum Gasteiger partial charge on any atom is 0.221 e. The average molecular weight is 236 g/mol. The van der Waals surface area contributed by atoms with Crippen molar-refractivity contribution in [2.24, 2.45) is 0 Å². The lowest BCUT2D eigenvalue weighted by atomic mass is 10.2. The molecule has 5 heteroatoms. The number of carbonyl (C=O) groups excluding carboxylic acids is 1. The van der Waals surface area contributed by atoms with Gasteiger partial charge in [-0.15, -0.1) is 0 Å². The summed E-state index contributed by atoms with van der Waals surface area (Å²) in [5, 5.41) is 5.88. The van der Waals surface area contributed by atoms with Gasteiger partial charge >= 0.3 is 0 Å². The number of nitrogen functional groups attached to an aromatic ring is 1. The van der Waals surface area contributed by atoms with E-state index in [1.165, 1.54) is 0 Å². The lowest BCUT2D eigenvalue weighted by molar-refractivity contribution is -0.120. The van der Waals surface area contributed by atoms with E-state index in [1.54, 1.807) is 12.3 Å². The van der Waals surface area contributed by atoms with E-state index >= 15 is 0 Å². The molecule has 0 radical (unpaired) electrons. The first-order valence-corrected chi connectivity index (χ1v) is 5.86. The molecule has 0 spiro atoms. The number of anilines is 2. The smallest absolute Gasteiger partial charge is 0.221 e. The zero-order valence-corrected chi connectivity index (χ0v) is 10.4. The molecule has 0 bridgehead atoms. The van der Waals surface area contributed by atoms with E-state index in [0.717, 1.165) is 18.5 Å². The molecule has 94 valence electrons. The molecule has 1 heterocycles. The predicted molar refractivity (Wildman–Crippen MR) is 69.8 cm³/mol. The molecule has 1 aromatic heterocycles. The molecule has 0 saturated carbocycles. The number of rotatable bonds is 6. The molecular formula is C12H20N4O. The van der Waals surface area contributed by atoms with Crippen molar-refractivity contribution in [3.63, 3.8) is 0 Å². The highest BCUT2D eigenvalue weighted by molar-refractivity contribution is 5.76. The standard InChI is InChI=1S/C12H20N4O/c1-3-5-15-12(17)4-6-14-11-7-10(13)9(2)8-16-11/h7-8H,3-6H2,1-2H3,(H,15,17)(H3,13,14,16). The summed E-state index contributed by atoms with van der Waals surface area (Å²) in [6, 6.07) is 1.78. The second-order valence-corrected chi connectivity index (χ2v) is 3.95. The zero-order chi connectivity index (χ0) is 12.7. The first kappa shape index (κ1) is 13.3. The highest BCUT2D eigenvalue weighted by Gasteiger charge is 2.01. The molecule has 0 aliphatic rings. The normalized spacial score (nSPS) is 10.0. The first-order valence-electron chi connectivity index (χ1n) is 5.86. The summed E-state index contributed by atoms with van der Waals surface area (Å²) in [5.74, 6) is 0.760. The quantitative estimate of drug-likeness (QED) is 0.695. The largest absolute Gasteiger partial charge is 0.398 e. The van der Waals surface area contributed by atoms with Crippen LogP contribution in [0.4, 0.5) is 11.5 Å². The summed E-state index contributed by atoms with van der Waals surface area (Å²) >= 11 is 0. The van der Waals surface area contributed by atoms with Crippen molar-refractivity contribution in [2.45, 2.75) is 26.7 Å². The summed E-state index contributed by atoms with van der Waals surface area (Å²) in [4.78, 5) is 15.5. The van der Waals surface area contributed by atoms with E-state index in [2.05, 4.69) is 15.6 Å². The van der Waals surface area contributed by atoms with Crippen molar-refractivity contribution in [2.75, 3.05) is 24.1 Å². The fourth-order valence-corrected chi connectivity index (χ4v) is 1.29. The summed E-state index contributed by atoms with van der Waals surface area (Å²) in [5.41, 5.74) is 7.42. The second-order valence-electron chi connectivity index (χ2n) is 3.95. The number of nitrogens with one attached hydrogen (secondary N) is 2. The van der Waals surface area contributed by atoms with E-state index in [-0.39, 0.29) is 5.91 Å². The van der Waals surface area contributed by atoms with Gasteiger partial charge in [0, 0.05) is 37.5 Å². The maximum absolute atomic E-state index is 11.3. The number of pyridine rings is 1. The number of carbonyl (C=O) groups is 1. The Morgan fingerprint density at radius 2 is 2.24 bits per heavy atom. The van der Waals surface area contributed by atoms with Gasteiger partial charge in [0.1, 0.15) is 5.82 Å². The number of aryl methyl sites for hydroxylation is 1. The molecule has 5 nitrogen and oxygen atoms in total. The van der Waals surface area contributed by atoms with Crippen LogP contribution in [0.15, 0.2) is 12.3 Å². The summed E-state index contributed by atoms with van der Waals surface area (Å²) in [6.45, 7) is 5.22. The fraction of sp³-hybridized carbons (Fsp3) is 0.500. The highest BCUT2D eigenvalue weighted by Crippen LogP contribution is 2.13. The van der Waals surface area contributed by atoms with Crippen LogP contribution in [0.3, 0.4) is 0 Å². The molecule has 1 rings (SSSR count). The Labute approximate surface area is 102 Å². The van der Waals surface area contributed by atoms with Gasteiger partial charge in [0.05, 0.1) is 0 Å². The monoisotopic (exact) mass is 236 g/mol. The van der Waals surface area contributed by atoms with Crippen LogP contribution in [-0.4, -0.2) is 24.0 Å². The molecule has 0 fully saturated rings. The lowest BCUT2D eigenvalue weighted by Gasteiger charge is -2.07. The van der Waals surface area contributed by atoms with Crippen molar-refractivity contribution in [1.82, 2.24) is 10.3 Å². The Balaban J connectivity index is 2.30. The van der Waals surface area contributed by atoms with Crippen LogP contribution in [0, 0.1) is 6.92 Å². The SMILES string of the molecule is CCCNC(=O)CCNc1cc(N)c(C)cn1. The van der Waals surface area contributed by atoms with Crippen LogP contribution in [0.1, 0.15) is 25.3 Å². The van der Waals surface area contributed by atoms with E-state index < -0.39 is 0 Å². The minimum absolute atomic E-state index is 0.0550. The summed E-state index contributed by atoms with van der Waals surface area (Å²) < 4.78 is 0. The van der Waals surface area contributed by atoms with Crippen LogP contribution in [-0.2, 0) is 4.79 Å². The molecule has 0 aliphatic heterocycles. The minimum atomic E-state index is 0.0550. The van der Waals surface area contributed by atoms with Crippen LogP contribution >= 0.6 is 0 Å². The van der Waals surface area contributed by atoms with Gasteiger partial charge in [-0.25, -0.2) is 4.98 Å². The van der Waals surface area contributed by atoms with Gasteiger partial charge in [-0.1, -0.05) is 6.92 Å². The maximum atomic E-state index is 11.3. The molecule has 0 aromatic carbocycles. The number of hydrogen-bond acceptors (Lipinski definition) is 4. The number of aromatic nitrogens is 1. The minimum Gasteiger partial charge on any atom is -0.398 e. The van der Waals surface area contributed by atoms with Crippen LogP contribution < -0.4 is 16.4 Å². The van der Waals surface area contributed by atoms with Crippen LogP contribution in [0.5, 0.6) is 0 Å². The summed E-state index contributed by atoms with van der Waals surface area (Å²) in [7, 11) is 0. The predicted octanol–water partition coefficient (Wildman–Crippen LogP) is 1.30. The van der Waals surface area contributed by atoms with E-state index in [4.69, 9.17) is 5.73 Å².